The summed E-state index contributed by atoms with van der Waals surface area (Å²) in [6, 6.07) is 9.69. The molecule has 2 rings (SSSR count). The monoisotopic (exact) mass is 315 g/mol. The number of hydrogen-bond donors (Lipinski definition) is 1. The third-order valence-corrected chi connectivity index (χ3v) is 4.71. The molecule has 0 bridgehead atoms. The largest absolute Gasteiger partial charge is 0.446 e. The fourth-order valence-corrected chi connectivity index (χ4v) is 2.87. The van der Waals surface area contributed by atoms with Crippen LogP contribution in [0.4, 0.5) is 0 Å². The molecule has 0 atom stereocenters. The molecule has 2 aromatic rings. The topological polar surface area (TPSA) is 70.8 Å². The lowest BCUT2D eigenvalue weighted by atomic mass is 10.2. The summed E-state index contributed by atoms with van der Waals surface area (Å²) in [4.78, 5) is 0. The van der Waals surface area contributed by atoms with Crippen molar-refractivity contribution in [3.63, 3.8) is 0 Å². The van der Waals surface area contributed by atoms with E-state index in [9.17, 15) is 8.42 Å². The van der Waals surface area contributed by atoms with Gasteiger partial charge < -0.3 is 9.52 Å². The van der Waals surface area contributed by atoms with Gasteiger partial charge in [0, 0.05) is 18.6 Å². The Labute approximate surface area is 122 Å². The number of benzene rings is 1. The van der Waals surface area contributed by atoms with Gasteiger partial charge in [-0.05, 0) is 29.8 Å². The van der Waals surface area contributed by atoms with Crippen molar-refractivity contribution in [1.82, 2.24) is 4.31 Å². The van der Waals surface area contributed by atoms with Gasteiger partial charge >= 0.3 is 0 Å². The zero-order valence-corrected chi connectivity index (χ0v) is 12.4. The number of sulfonamides is 1. The Morgan fingerprint density at radius 1 is 1.20 bits per heavy atom. The van der Waals surface area contributed by atoms with Gasteiger partial charge in [0.25, 0.3) is 10.0 Å². The van der Waals surface area contributed by atoms with E-state index < -0.39 is 10.0 Å². The van der Waals surface area contributed by atoms with Crippen LogP contribution in [0.1, 0.15) is 11.3 Å². The Morgan fingerprint density at radius 2 is 1.85 bits per heavy atom. The third-order valence-electron chi connectivity index (χ3n) is 2.78. The highest BCUT2D eigenvalue weighted by Gasteiger charge is 2.24. The summed E-state index contributed by atoms with van der Waals surface area (Å²) >= 11 is 5.78. The van der Waals surface area contributed by atoms with Crippen molar-refractivity contribution in [2.24, 2.45) is 0 Å². The number of rotatable bonds is 5. The van der Waals surface area contributed by atoms with Gasteiger partial charge in [0.1, 0.15) is 12.4 Å². The van der Waals surface area contributed by atoms with Gasteiger partial charge in [0.2, 0.25) is 5.09 Å². The van der Waals surface area contributed by atoms with Gasteiger partial charge in [-0.1, -0.05) is 23.7 Å². The molecular formula is C13H14ClNO4S. The Kier molecular flexibility index (Phi) is 4.49. The summed E-state index contributed by atoms with van der Waals surface area (Å²) in [7, 11) is -2.25. The predicted molar refractivity (Wildman–Crippen MR) is 74.7 cm³/mol. The molecule has 0 unspecified atom stereocenters. The van der Waals surface area contributed by atoms with Crippen LogP contribution in [0.3, 0.4) is 0 Å². The van der Waals surface area contributed by atoms with Crippen molar-refractivity contribution in [2.45, 2.75) is 18.2 Å². The summed E-state index contributed by atoms with van der Waals surface area (Å²) in [5.41, 5.74) is 0.814. The van der Waals surface area contributed by atoms with E-state index in [1.165, 1.54) is 23.5 Å². The second kappa shape index (κ2) is 5.97. The van der Waals surface area contributed by atoms with Crippen LogP contribution in [0.5, 0.6) is 0 Å². The van der Waals surface area contributed by atoms with E-state index in [2.05, 4.69) is 0 Å². The normalized spacial score (nSPS) is 12.0. The van der Waals surface area contributed by atoms with E-state index in [4.69, 9.17) is 21.1 Å². The van der Waals surface area contributed by atoms with Crippen LogP contribution in [0, 0.1) is 0 Å². The van der Waals surface area contributed by atoms with E-state index in [0.717, 1.165) is 5.56 Å². The highest BCUT2D eigenvalue weighted by Crippen LogP contribution is 2.20. The lowest BCUT2D eigenvalue weighted by molar-refractivity contribution is 0.235. The summed E-state index contributed by atoms with van der Waals surface area (Å²) in [5.74, 6) is 0.212. The minimum atomic E-state index is -3.71. The zero-order valence-electron chi connectivity index (χ0n) is 10.8. The van der Waals surface area contributed by atoms with Crippen LogP contribution < -0.4 is 0 Å². The quantitative estimate of drug-likeness (QED) is 0.918. The van der Waals surface area contributed by atoms with E-state index in [-0.39, 0.29) is 24.0 Å². The van der Waals surface area contributed by atoms with Crippen molar-refractivity contribution in [2.75, 3.05) is 7.05 Å². The molecule has 0 saturated heterocycles. The highest BCUT2D eigenvalue weighted by atomic mass is 35.5. The second-order valence-corrected chi connectivity index (χ2v) is 6.68. The van der Waals surface area contributed by atoms with Crippen molar-refractivity contribution in [1.29, 1.82) is 0 Å². The van der Waals surface area contributed by atoms with Crippen LogP contribution in [0.25, 0.3) is 0 Å². The first kappa shape index (κ1) is 15.1. The Morgan fingerprint density at radius 3 is 2.40 bits per heavy atom. The molecule has 0 fully saturated rings. The summed E-state index contributed by atoms with van der Waals surface area (Å²) in [6.07, 6.45) is 0. The van der Waals surface area contributed by atoms with Crippen molar-refractivity contribution in [3.8, 4) is 0 Å². The minimum Gasteiger partial charge on any atom is -0.446 e. The van der Waals surface area contributed by atoms with E-state index in [1.54, 1.807) is 24.3 Å². The van der Waals surface area contributed by atoms with Gasteiger partial charge in [-0.15, -0.1) is 0 Å². The van der Waals surface area contributed by atoms with Crippen molar-refractivity contribution in [3.05, 3.63) is 52.7 Å². The molecule has 0 spiro atoms. The second-order valence-electron chi connectivity index (χ2n) is 4.27. The van der Waals surface area contributed by atoms with Gasteiger partial charge in [-0.2, -0.15) is 4.31 Å². The van der Waals surface area contributed by atoms with Crippen LogP contribution in [0.2, 0.25) is 5.02 Å². The minimum absolute atomic E-state index is 0.182. The third kappa shape index (κ3) is 3.21. The number of aliphatic hydroxyl groups is 1. The Bertz CT molecular complexity index is 679. The molecule has 0 aliphatic carbocycles. The number of furan rings is 1. The fourth-order valence-electron chi connectivity index (χ4n) is 1.67. The molecule has 0 amide bonds. The van der Waals surface area contributed by atoms with Gasteiger partial charge in [0.05, 0.1) is 0 Å². The number of aliphatic hydroxyl groups excluding tert-OH is 1. The van der Waals surface area contributed by atoms with Gasteiger partial charge in [-0.25, -0.2) is 8.42 Å². The van der Waals surface area contributed by atoms with Crippen LogP contribution >= 0.6 is 11.6 Å². The molecule has 0 radical (unpaired) electrons. The maximum Gasteiger partial charge on any atom is 0.276 e. The molecule has 0 saturated carbocycles. The van der Waals surface area contributed by atoms with Crippen LogP contribution in [-0.4, -0.2) is 24.9 Å². The molecule has 108 valence electrons. The maximum absolute atomic E-state index is 12.3. The fraction of sp³-hybridized carbons (Fsp3) is 0.231. The van der Waals surface area contributed by atoms with Gasteiger partial charge in [-0.3, -0.25) is 0 Å². The first-order valence-electron chi connectivity index (χ1n) is 5.84. The average molecular weight is 316 g/mol. The van der Waals surface area contributed by atoms with Crippen molar-refractivity contribution >= 4 is 21.6 Å². The smallest absolute Gasteiger partial charge is 0.276 e. The molecule has 0 aliphatic heterocycles. The standard InChI is InChI=1S/C13H14ClNO4S/c1-15(8-10-2-4-11(14)5-3-10)20(17,18)13-7-6-12(9-16)19-13/h2-7,16H,8-9H2,1H3. The molecule has 1 aromatic carbocycles. The van der Waals surface area contributed by atoms with E-state index in [1.807, 2.05) is 0 Å². The predicted octanol–water partition coefficient (Wildman–Crippen LogP) is 2.25. The van der Waals surface area contributed by atoms with E-state index in [0.29, 0.717) is 5.02 Å². The van der Waals surface area contributed by atoms with Crippen LogP contribution in [-0.2, 0) is 23.2 Å². The molecular weight excluding hydrogens is 302 g/mol. The Hall–Kier alpha value is -1.34. The lowest BCUT2D eigenvalue weighted by Gasteiger charge is -2.15. The molecule has 20 heavy (non-hydrogen) atoms. The first-order valence-corrected chi connectivity index (χ1v) is 7.65. The summed E-state index contributed by atoms with van der Waals surface area (Å²) in [6.45, 7) is -0.134. The Balaban J connectivity index is 2.18. The number of nitrogens with zero attached hydrogens (tertiary/aromatic N) is 1. The zero-order chi connectivity index (χ0) is 14.8. The van der Waals surface area contributed by atoms with E-state index >= 15 is 0 Å². The van der Waals surface area contributed by atoms with Crippen LogP contribution in [0.15, 0.2) is 45.9 Å². The number of hydrogen-bond acceptors (Lipinski definition) is 4. The molecule has 0 aliphatic rings. The average Bonchev–Trinajstić information content (AvgIpc) is 2.90. The molecule has 7 heteroatoms. The SMILES string of the molecule is CN(Cc1ccc(Cl)cc1)S(=O)(=O)c1ccc(CO)o1. The maximum atomic E-state index is 12.3. The molecule has 1 aromatic heterocycles. The van der Waals surface area contributed by atoms with Gasteiger partial charge in [0.15, 0.2) is 0 Å². The molecule has 5 nitrogen and oxygen atoms in total. The summed E-state index contributed by atoms with van der Waals surface area (Å²) < 4.78 is 30.8. The number of halogens is 1. The lowest BCUT2D eigenvalue weighted by Crippen LogP contribution is -2.26. The summed E-state index contributed by atoms with van der Waals surface area (Å²) in [5, 5.41) is 9.31. The first-order chi connectivity index (χ1) is 9.43. The molecule has 1 N–H and O–H groups in total. The molecule has 1 heterocycles. The highest BCUT2D eigenvalue weighted by molar-refractivity contribution is 7.88. The van der Waals surface area contributed by atoms with Crippen molar-refractivity contribution < 1.29 is 17.9 Å².